The minimum Gasteiger partial charge on any atom is -0.416 e. The topological polar surface area (TPSA) is 119 Å². The molecular formula is C27H24F5N9O. The molecule has 0 aliphatic heterocycles. The summed E-state index contributed by atoms with van der Waals surface area (Å²) in [6, 6.07) is 6.72. The number of alkyl halides is 5. The van der Waals surface area contributed by atoms with Gasteiger partial charge in [0.2, 0.25) is 5.88 Å². The van der Waals surface area contributed by atoms with Crippen LogP contribution in [0.5, 0.6) is 5.88 Å². The molecule has 0 atom stereocenters. The summed E-state index contributed by atoms with van der Waals surface area (Å²) in [5.74, 6) is 0.415. The van der Waals surface area contributed by atoms with Crippen LogP contribution in [0.15, 0.2) is 43.1 Å². The van der Waals surface area contributed by atoms with Gasteiger partial charge in [0.25, 0.3) is 0 Å². The van der Waals surface area contributed by atoms with Gasteiger partial charge < -0.3 is 19.6 Å². The van der Waals surface area contributed by atoms with Crippen LogP contribution in [0.25, 0.3) is 33.9 Å². The van der Waals surface area contributed by atoms with E-state index in [2.05, 4.69) is 44.9 Å². The van der Waals surface area contributed by atoms with Crippen molar-refractivity contribution < 1.29 is 26.7 Å². The van der Waals surface area contributed by atoms with Gasteiger partial charge in [-0.2, -0.15) is 22.0 Å². The van der Waals surface area contributed by atoms with Crippen molar-refractivity contribution in [1.29, 1.82) is 0 Å². The fourth-order valence-corrected chi connectivity index (χ4v) is 4.60. The number of imidazole rings is 2. The van der Waals surface area contributed by atoms with E-state index in [0.717, 1.165) is 24.6 Å². The number of nitrogens with zero attached hydrogens (tertiary/aromatic N) is 7. The lowest BCUT2D eigenvalue weighted by Gasteiger charge is -2.14. The second-order valence-corrected chi connectivity index (χ2v) is 10.1. The number of benzene rings is 1. The molecular weight excluding hydrogens is 561 g/mol. The van der Waals surface area contributed by atoms with Crippen molar-refractivity contribution in [3.8, 4) is 28.7 Å². The van der Waals surface area contributed by atoms with E-state index in [9.17, 15) is 22.0 Å². The van der Waals surface area contributed by atoms with Crippen LogP contribution < -0.4 is 10.1 Å². The van der Waals surface area contributed by atoms with E-state index in [1.807, 2.05) is 0 Å². The summed E-state index contributed by atoms with van der Waals surface area (Å²) in [6.07, 6.45) is 0.779. The Hall–Kier alpha value is -4.69. The van der Waals surface area contributed by atoms with Gasteiger partial charge in [-0.1, -0.05) is 24.3 Å². The maximum Gasteiger partial charge on any atom is 0.434 e. The van der Waals surface area contributed by atoms with Crippen molar-refractivity contribution in [2.24, 2.45) is 0 Å². The number of rotatable bonds is 9. The lowest BCUT2D eigenvalue weighted by atomic mass is 10.1. The molecule has 4 aromatic heterocycles. The van der Waals surface area contributed by atoms with Crippen LogP contribution in [0.2, 0.25) is 0 Å². The number of ether oxygens (including phenoxy) is 1. The third kappa shape index (κ3) is 5.45. The number of anilines is 1. The Bertz CT molecular complexity index is 1730. The van der Waals surface area contributed by atoms with Gasteiger partial charge in [0.1, 0.15) is 23.2 Å². The number of H-pyrrole nitrogens is 1. The Morgan fingerprint density at radius 3 is 2.48 bits per heavy atom. The standard InChI is InChI=1S/C27H24F5N9O/c1-13(2)41-10-17(27(30,31)32)38-24(41)16-5-3-14(4-6-16)9-33-22-20-23(36-11-35-20)40-21(39-22)18-19(15-7-8-15)34-12-37-25(18)42-26(28)29/h3-6,10-13,15,26H,7-9H2,1-2H3,(H2,33,35,36,39,40). The van der Waals surface area contributed by atoms with Crippen molar-refractivity contribution in [1.82, 2.24) is 39.5 Å². The van der Waals surface area contributed by atoms with Crippen LogP contribution in [0.1, 0.15) is 55.6 Å². The Balaban J connectivity index is 1.29. The van der Waals surface area contributed by atoms with Crippen LogP contribution in [0.4, 0.5) is 27.8 Å². The van der Waals surface area contributed by atoms with Crippen molar-refractivity contribution >= 4 is 17.0 Å². The van der Waals surface area contributed by atoms with E-state index < -0.39 is 18.5 Å². The van der Waals surface area contributed by atoms with Crippen LogP contribution in [-0.2, 0) is 12.7 Å². The van der Waals surface area contributed by atoms with Crippen LogP contribution in [0.3, 0.4) is 0 Å². The van der Waals surface area contributed by atoms with Gasteiger partial charge in [0.15, 0.2) is 23.0 Å². The zero-order valence-electron chi connectivity index (χ0n) is 22.3. The monoisotopic (exact) mass is 585 g/mol. The quantitative estimate of drug-likeness (QED) is 0.192. The Kier molecular flexibility index (Phi) is 6.94. The first-order chi connectivity index (χ1) is 20.1. The number of aromatic nitrogens is 8. The molecule has 1 aliphatic carbocycles. The highest BCUT2D eigenvalue weighted by Crippen LogP contribution is 2.45. The molecule has 5 aromatic rings. The van der Waals surface area contributed by atoms with Crippen LogP contribution in [0, 0.1) is 0 Å². The number of aromatic amines is 1. The molecule has 0 saturated heterocycles. The predicted octanol–water partition coefficient (Wildman–Crippen LogP) is 6.36. The minimum atomic E-state index is -4.55. The molecule has 1 aromatic carbocycles. The van der Waals surface area contributed by atoms with Gasteiger partial charge in [-0.3, -0.25) is 0 Å². The minimum absolute atomic E-state index is 0.0648. The first-order valence-corrected chi connectivity index (χ1v) is 13.1. The first-order valence-electron chi connectivity index (χ1n) is 13.1. The number of fused-ring (bicyclic) bond motifs is 1. The average Bonchev–Trinajstić information content (AvgIpc) is 3.48. The second kappa shape index (κ2) is 10.6. The molecule has 42 heavy (non-hydrogen) atoms. The van der Waals surface area contributed by atoms with Gasteiger partial charge in [0.05, 0.1) is 12.0 Å². The lowest BCUT2D eigenvalue weighted by Crippen LogP contribution is -2.10. The van der Waals surface area contributed by atoms with Crippen molar-refractivity contribution in [2.75, 3.05) is 5.32 Å². The van der Waals surface area contributed by atoms with E-state index in [-0.39, 0.29) is 41.6 Å². The van der Waals surface area contributed by atoms with Crippen molar-refractivity contribution in [3.63, 3.8) is 0 Å². The molecule has 15 heteroatoms. The summed E-state index contributed by atoms with van der Waals surface area (Å²) in [7, 11) is 0. The molecule has 0 amide bonds. The Morgan fingerprint density at radius 1 is 1.05 bits per heavy atom. The molecule has 0 unspecified atom stereocenters. The van der Waals surface area contributed by atoms with E-state index >= 15 is 0 Å². The Morgan fingerprint density at radius 2 is 1.81 bits per heavy atom. The summed E-state index contributed by atoms with van der Waals surface area (Å²) < 4.78 is 72.5. The number of halogens is 5. The van der Waals surface area contributed by atoms with Gasteiger partial charge >= 0.3 is 12.8 Å². The second-order valence-electron chi connectivity index (χ2n) is 10.1. The zero-order chi connectivity index (χ0) is 29.6. The molecule has 10 nitrogen and oxygen atoms in total. The van der Waals surface area contributed by atoms with E-state index in [0.29, 0.717) is 28.2 Å². The fraction of sp³-hybridized carbons (Fsp3) is 0.333. The summed E-state index contributed by atoms with van der Waals surface area (Å²) in [6.45, 7) is 0.749. The molecule has 0 spiro atoms. The molecule has 1 saturated carbocycles. The van der Waals surface area contributed by atoms with E-state index in [4.69, 9.17) is 0 Å². The molecule has 1 fully saturated rings. The van der Waals surface area contributed by atoms with Crippen LogP contribution >= 0.6 is 0 Å². The Labute approximate surface area is 235 Å². The number of nitrogens with one attached hydrogen (secondary N) is 2. The fourth-order valence-electron chi connectivity index (χ4n) is 4.60. The van der Waals surface area contributed by atoms with Crippen molar-refractivity contribution in [3.05, 3.63) is 60.1 Å². The van der Waals surface area contributed by atoms with Gasteiger partial charge in [-0.15, -0.1) is 0 Å². The highest BCUT2D eigenvalue weighted by Gasteiger charge is 2.35. The lowest BCUT2D eigenvalue weighted by molar-refractivity contribution is -0.140. The molecule has 4 heterocycles. The van der Waals surface area contributed by atoms with Gasteiger partial charge in [-0.05, 0) is 32.3 Å². The first kappa shape index (κ1) is 27.5. The molecule has 218 valence electrons. The van der Waals surface area contributed by atoms with Crippen LogP contribution in [-0.4, -0.2) is 46.1 Å². The summed E-state index contributed by atoms with van der Waals surface area (Å²) in [5.41, 5.74) is 1.90. The predicted molar refractivity (Wildman–Crippen MR) is 142 cm³/mol. The van der Waals surface area contributed by atoms with Crippen molar-refractivity contribution in [2.45, 2.75) is 58.0 Å². The largest absolute Gasteiger partial charge is 0.434 e. The molecule has 0 radical (unpaired) electrons. The summed E-state index contributed by atoms with van der Waals surface area (Å²) in [4.78, 5) is 28.3. The summed E-state index contributed by atoms with van der Waals surface area (Å²) in [5, 5.41) is 3.22. The third-order valence-electron chi connectivity index (χ3n) is 6.77. The smallest absolute Gasteiger partial charge is 0.416 e. The highest BCUT2D eigenvalue weighted by molar-refractivity contribution is 5.85. The average molecular weight is 586 g/mol. The summed E-state index contributed by atoms with van der Waals surface area (Å²) >= 11 is 0. The molecule has 0 bridgehead atoms. The zero-order valence-corrected chi connectivity index (χ0v) is 22.3. The van der Waals surface area contributed by atoms with E-state index in [1.165, 1.54) is 17.2 Å². The number of hydrogen-bond acceptors (Lipinski definition) is 8. The third-order valence-corrected chi connectivity index (χ3v) is 6.77. The molecule has 1 aliphatic rings. The SMILES string of the molecule is CC(C)n1cc(C(F)(F)F)nc1-c1ccc(CNc2nc(-c3c(OC(F)F)ncnc3C3CC3)nc3nc[nH]c23)cc1. The van der Waals surface area contributed by atoms with Gasteiger partial charge in [-0.25, -0.2) is 29.9 Å². The molecule has 2 N–H and O–H groups in total. The normalized spacial score (nSPS) is 13.8. The number of hydrogen-bond donors (Lipinski definition) is 2. The van der Waals surface area contributed by atoms with Gasteiger partial charge in [0, 0.05) is 30.3 Å². The maximum atomic E-state index is 13.3. The van der Waals surface area contributed by atoms with E-state index in [1.54, 1.807) is 38.1 Å². The maximum absolute atomic E-state index is 13.3. The molecule has 6 rings (SSSR count). The highest BCUT2D eigenvalue weighted by atomic mass is 19.4.